The van der Waals surface area contributed by atoms with Crippen LogP contribution in [-0.2, 0) is 23.4 Å². The first-order valence-corrected chi connectivity index (χ1v) is 13.0. The summed E-state index contributed by atoms with van der Waals surface area (Å²) >= 11 is 5.01. The lowest BCUT2D eigenvalue weighted by atomic mass is 10.1. The molecule has 0 bridgehead atoms. The highest BCUT2D eigenvalue weighted by Gasteiger charge is 2.46. The molecule has 2 heterocycles. The quantitative estimate of drug-likeness (QED) is 0.196. The molecule has 4 N–H and O–H groups in total. The number of nitrogens with one attached hydrogen (secondary N) is 2. The molecule has 0 aliphatic carbocycles. The number of rotatable bonds is 10. The van der Waals surface area contributed by atoms with Gasteiger partial charge in [0.1, 0.15) is 34.7 Å². The van der Waals surface area contributed by atoms with Crippen molar-refractivity contribution < 1.29 is 40.8 Å². The Kier molecular flexibility index (Phi) is 8.27. The van der Waals surface area contributed by atoms with E-state index in [2.05, 4.69) is 10.1 Å². The molecule has 12 nitrogen and oxygen atoms in total. The van der Waals surface area contributed by atoms with Crippen molar-refractivity contribution in [3.05, 3.63) is 57.2 Å². The van der Waals surface area contributed by atoms with E-state index in [4.69, 9.17) is 33.5 Å². The molecule has 3 rings (SSSR count). The lowest BCUT2D eigenvalue weighted by molar-refractivity contribution is -0.149. The molecular weight excluding hydrogens is 513 g/mol. The normalized spacial score (nSPS) is 25.5. The number of esters is 1. The number of H-pyrrole nitrogens is 1. The molecule has 198 valence electrons. The number of aliphatic hydroxyl groups is 2. The van der Waals surface area contributed by atoms with Gasteiger partial charge in [-0.25, -0.2) is 9.36 Å². The summed E-state index contributed by atoms with van der Waals surface area (Å²) < 4.78 is 53.0. The molecule has 0 amide bonds. The number of carbonyl (C=O) groups is 1. The van der Waals surface area contributed by atoms with Crippen LogP contribution in [0.2, 0.25) is 0 Å². The van der Waals surface area contributed by atoms with Crippen molar-refractivity contribution in [3.8, 4) is 5.75 Å². The maximum Gasteiger partial charge on any atom is 0.459 e. The van der Waals surface area contributed by atoms with Crippen molar-refractivity contribution in [2.45, 2.75) is 64.4 Å². The lowest BCUT2D eigenvalue weighted by Crippen LogP contribution is -2.38. The van der Waals surface area contributed by atoms with Crippen LogP contribution in [0, 0.1) is 11.6 Å². The molecular formula is C22H30N3O9PS. The summed E-state index contributed by atoms with van der Waals surface area (Å²) in [5.41, 5.74) is -0.309. The summed E-state index contributed by atoms with van der Waals surface area (Å²) in [6.07, 6.45) is -6.36. The molecule has 0 saturated carbocycles. The van der Waals surface area contributed by atoms with Crippen molar-refractivity contribution in [1.29, 1.82) is 0 Å². The van der Waals surface area contributed by atoms with Gasteiger partial charge in [-0.2, -0.15) is 5.09 Å². The summed E-state index contributed by atoms with van der Waals surface area (Å²) in [5, 5.41) is 23.6. The molecule has 2 unspecified atom stereocenters. The molecule has 1 saturated heterocycles. The molecule has 1 fully saturated rings. The van der Waals surface area contributed by atoms with E-state index in [0.717, 1.165) is 4.57 Å². The van der Waals surface area contributed by atoms with Crippen LogP contribution in [0.5, 0.6) is 5.75 Å². The SMILES string of the molecule is [2H]C([2H])(OP(=O)(N[C@@H](C)C(=O)OC(C)C)Oc1ccccc1)[C@@H]1O[C@H](n2cc(C)c(=S)[nH]c2=O)[C@H](O)C1O. The fraction of sp³-hybridized carbons (Fsp3) is 0.500. The fourth-order valence-electron chi connectivity index (χ4n) is 3.20. The van der Waals surface area contributed by atoms with Crippen LogP contribution in [0.15, 0.2) is 41.3 Å². The Morgan fingerprint density at radius 1 is 1.31 bits per heavy atom. The maximum absolute atomic E-state index is 13.8. The van der Waals surface area contributed by atoms with Crippen LogP contribution < -0.4 is 15.3 Å². The molecule has 0 radical (unpaired) electrons. The number of carbonyl (C=O) groups excluding carboxylic acids is 1. The smallest absolute Gasteiger partial charge is 0.459 e. The summed E-state index contributed by atoms with van der Waals surface area (Å²) in [5.74, 6) is -0.777. The van der Waals surface area contributed by atoms with Crippen LogP contribution in [0.1, 0.15) is 35.3 Å². The molecule has 6 atom stereocenters. The Hall–Kier alpha value is -2.38. The maximum atomic E-state index is 13.8. The van der Waals surface area contributed by atoms with Crippen LogP contribution in [0.3, 0.4) is 0 Å². The van der Waals surface area contributed by atoms with E-state index >= 15 is 0 Å². The van der Waals surface area contributed by atoms with Crippen molar-refractivity contribution in [1.82, 2.24) is 14.6 Å². The number of hydrogen-bond donors (Lipinski definition) is 4. The van der Waals surface area contributed by atoms with Crippen LogP contribution in [-0.4, -0.2) is 62.8 Å². The van der Waals surface area contributed by atoms with Gasteiger partial charge in [-0.05, 0) is 39.8 Å². The summed E-state index contributed by atoms with van der Waals surface area (Å²) in [7, 11) is -4.72. The van der Waals surface area contributed by atoms with Crippen LogP contribution >= 0.6 is 20.0 Å². The Morgan fingerprint density at radius 3 is 2.61 bits per heavy atom. The highest BCUT2D eigenvalue weighted by molar-refractivity contribution is 7.71. The Balaban J connectivity index is 1.90. The van der Waals surface area contributed by atoms with Crippen molar-refractivity contribution in [2.24, 2.45) is 0 Å². The second-order valence-corrected chi connectivity index (χ2v) is 10.4. The van der Waals surface area contributed by atoms with E-state index in [0.29, 0.717) is 5.56 Å². The Morgan fingerprint density at radius 2 is 1.97 bits per heavy atom. The minimum absolute atomic E-state index is 0.0240. The zero-order valence-corrected chi connectivity index (χ0v) is 21.7. The third kappa shape index (κ3) is 6.88. The van der Waals surface area contributed by atoms with Gasteiger partial charge >= 0.3 is 19.4 Å². The Labute approximate surface area is 215 Å². The molecule has 1 aliphatic heterocycles. The van der Waals surface area contributed by atoms with Crippen LogP contribution in [0.4, 0.5) is 0 Å². The highest BCUT2D eigenvalue weighted by Crippen LogP contribution is 2.46. The van der Waals surface area contributed by atoms with E-state index in [1.165, 1.54) is 25.3 Å². The summed E-state index contributed by atoms with van der Waals surface area (Å²) in [6.45, 7) is 3.08. The molecule has 36 heavy (non-hydrogen) atoms. The topological polar surface area (TPSA) is 161 Å². The van der Waals surface area contributed by atoms with Crippen molar-refractivity contribution in [2.75, 3.05) is 6.56 Å². The van der Waals surface area contributed by atoms with Gasteiger partial charge in [-0.1, -0.05) is 30.4 Å². The molecule has 0 spiro atoms. The van der Waals surface area contributed by atoms with Crippen molar-refractivity contribution >= 4 is 25.9 Å². The minimum Gasteiger partial charge on any atom is -0.462 e. The average molecular weight is 546 g/mol. The van der Waals surface area contributed by atoms with Gasteiger partial charge in [0, 0.05) is 11.8 Å². The van der Waals surface area contributed by atoms with Gasteiger partial charge in [-0.3, -0.25) is 18.9 Å². The minimum atomic E-state index is -4.72. The zero-order chi connectivity index (χ0) is 28.4. The predicted molar refractivity (Wildman–Crippen MR) is 131 cm³/mol. The van der Waals surface area contributed by atoms with Gasteiger partial charge in [0.2, 0.25) is 0 Å². The molecule has 1 aliphatic rings. The summed E-state index contributed by atoms with van der Waals surface area (Å²) in [4.78, 5) is 27.1. The number of aliphatic hydroxyl groups excluding tert-OH is 2. The molecule has 1 aromatic heterocycles. The number of para-hydroxylation sites is 1. The highest BCUT2D eigenvalue weighted by atomic mass is 32.1. The third-order valence-electron chi connectivity index (χ3n) is 4.97. The van der Waals surface area contributed by atoms with Crippen LogP contribution in [0.25, 0.3) is 0 Å². The van der Waals surface area contributed by atoms with Gasteiger partial charge in [0.15, 0.2) is 6.23 Å². The third-order valence-corrected chi connectivity index (χ3v) is 6.90. The summed E-state index contributed by atoms with van der Waals surface area (Å²) in [6, 6.07) is 6.40. The fourth-order valence-corrected chi connectivity index (χ4v) is 4.70. The van der Waals surface area contributed by atoms with Gasteiger partial charge in [-0.15, -0.1) is 0 Å². The first-order valence-electron chi connectivity index (χ1n) is 12.0. The number of hydrogen-bond acceptors (Lipinski definition) is 10. The van der Waals surface area contributed by atoms with E-state index in [1.807, 2.05) is 0 Å². The predicted octanol–water partition coefficient (Wildman–Crippen LogP) is 1.97. The first-order chi connectivity index (χ1) is 17.6. The van der Waals surface area contributed by atoms with E-state index in [9.17, 15) is 24.4 Å². The monoisotopic (exact) mass is 545 g/mol. The average Bonchev–Trinajstić information content (AvgIpc) is 3.11. The number of nitrogens with zero attached hydrogens (tertiary/aromatic N) is 1. The molecule has 14 heteroatoms. The van der Waals surface area contributed by atoms with E-state index in [-0.39, 0.29) is 10.4 Å². The number of ether oxygens (including phenoxy) is 2. The standard InChI is InChI=1S/C22H30N3O9PS/c1-12(2)32-21(28)14(4)24-35(30,34-15-8-6-5-7-9-15)31-11-16-17(26)18(27)20(33-16)25-10-13(3)19(36)23-22(25)29/h5-10,12,14,16-18,20,26-27H,11H2,1-4H3,(H,24,30)(H,23,29,36)/t14-,16-,17?,18+,20-,35?/m0/s1/i11D2. The zero-order valence-electron chi connectivity index (χ0n) is 22.0. The number of benzene rings is 1. The second-order valence-electron chi connectivity index (χ2n) is 8.35. The molecule has 2 aromatic rings. The van der Waals surface area contributed by atoms with Gasteiger partial charge in [0.25, 0.3) is 0 Å². The first kappa shape index (κ1) is 25.3. The van der Waals surface area contributed by atoms with E-state index in [1.54, 1.807) is 39.0 Å². The number of aromatic amines is 1. The Bertz CT molecular complexity index is 1310. The lowest BCUT2D eigenvalue weighted by Gasteiger charge is -2.25. The largest absolute Gasteiger partial charge is 0.462 e. The van der Waals surface area contributed by atoms with Gasteiger partial charge < -0.3 is 24.2 Å². The van der Waals surface area contributed by atoms with Crippen molar-refractivity contribution in [3.63, 3.8) is 0 Å². The van der Waals surface area contributed by atoms with E-state index < -0.39 is 62.7 Å². The second kappa shape index (κ2) is 11.8. The molecule has 1 aromatic carbocycles. The number of aromatic nitrogens is 2. The van der Waals surface area contributed by atoms with Gasteiger partial charge in [0.05, 0.1) is 15.4 Å². The number of aryl methyl sites for hydroxylation is 1.